The lowest BCUT2D eigenvalue weighted by atomic mass is 10.0. The van der Waals surface area contributed by atoms with E-state index in [9.17, 15) is 4.79 Å². The first-order chi connectivity index (χ1) is 11.5. The topological polar surface area (TPSA) is 55.1 Å². The largest absolute Gasteiger partial charge is 0.326 e. The van der Waals surface area contributed by atoms with Crippen LogP contribution in [0.3, 0.4) is 0 Å². The van der Waals surface area contributed by atoms with Gasteiger partial charge < -0.3 is 11.1 Å². The molecule has 128 valence electrons. The van der Waals surface area contributed by atoms with E-state index in [1.165, 1.54) is 4.90 Å². The molecule has 2 atom stereocenters. The van der Waals surface area contributed by atoms with Crippen LogP contribution in [0.1, 0.15) is 43.9 Å². The molecule has 1 amide bonds. The summed E-state index contributed by atoms with van der Waals surface area (Å²) >= 11 is 1.86. The minimum Gasteiger partial charge on any atom is -0.326 e. The zero-order chi connectivity index (χ0) is 17.5. The molecule has 4 heteroatoms. The van der Waals surface area contributed by atoms with Crippen molar-refractivity contribution in [2.45, 2.75) is 49.8 Å². The number of benzene rings is 2. The number of hydrogen-bond acceptors (Lipinski definition) is 3. The van der Waals surface area contributed by atoms with E-state index in [4.69, 9.17) is 5.73 Å². The van der Waals surface area contributed by atoms with Gasteiger partial charge in [-0.25, -0.2) is 0 Å². The lowest BCUT2D eigenvalue weighted by Gasteiger charge is -2.14. The number of thioether (sulfide) groups is 1. The number of rotatable bonds is 7. The standard InChI is InChI=1S/C20H26N2OS/c1-4-15(3)24-17-10-11-19(14(2)12-17)22-20(23)13-18(21)16-8-6-5-7-9-16/h5-12,15,18H,4,13,21H2,1-3H3,(H,22,23). The zero-order valence-corrected chi connectivity index (χ0v) is 15.4. The molecule has 0 aliphatic heterocycles. The molecule has 0 radical (unpaired) electrons. The SMILES string of the molecule is CCC(C)Sc1ccc(NC(=O)CC(N)c2ccccc2)c(C)c1. The fraction of sp³-hybridized carbons (Fsp3) is 0.350. The molecule has 3 nitrogen and oxygen atoms in total. The highest BCUT2D eigenvalue weighted by molar-refractivity contribution is 7.99. The average molecular weight is 343 g/mol. The van der Waals surface area contributed by atoms with Crippen LogP contribution in [0.25, 0.3) is 0 Å². The fourth-order valence-electron chi connectivity index (χ4n) is 2.38. The molecule has 0 fully saturated rings. The number of carbonyl (C=O) groups excluding carboxylic acids is 1. The van der Waals surface area contributed by atoms with Crippen molar-refractivity contribution in [2.24, 2.45) is 5.73 Å². The summed E-state index contributed by atoms with van der Waals surface area (Å²) in [6.45, 7) is 6.43. The van der Waals surface area contributed by atoms with E-state index in [1.807, 2.05) is 55.1 Å². The first kappa shape index (κ1) is 18.6. The summed E-state index contributed by atoms with van der Waals surface area (Å²) in [6.07, 6.45) is 1.41. The van der Waals surface area contributed by atoms with E-state index in [0.717, 1.165) is 23.2 Å². The van der Waals surface area contributed by atoms with E-state index in [-0.39, 0.29) is 18.4 Å². The molecular weight excluding hydrogens is 316 g/mol. The number of hydrogen-bond donors (Lipinski definition) is 2. The molecule has 3 N–H and O–H groups in total. The Bertz CT molecular complexity index is 673. The highest BCUT2D eigenvalue weighted by Gasteiger charge is 2.13. The van der Waals surface area contributed by atoms with E-state index in [1.54, 1.807) is 0 Å². The molecule has 0 saturated carbocycles. The van der Waals surface area contributed by atoms with Crippen LogP contribution in [0, 0.1) is 6.92 Å². The van der Waals surface area contributed by atoms with Crippen molar-refractivity contribution >= 4 is 23.4 Å². The van der Waals surface area contributed by atoms with Crippen molar-refractivity contribution < 1.29 is 4.79 Å². The second kappa shape index (κ2) is 8.90. The molecule has 24 heavy (non-hydrogen) atoms. The Hall–Kier alpha value is -1.78. The molecular formula is C20H26N2OS. The van der Waals surface area contributed by atoms with Gasteiger partial charge in [-0.15, -0.1) is 11.8 Å². The van der Waals surface area contributed by atoms with Crippen LogP contribution < -0.4 is 11.1 Å². The maximum Gasteiger partial charge on any atom is 0.226 e. The molecule has 0 saturated heterocycles. The second-order valence-corrected chi connectivity index (χ2v) is 7.59. The molecule has 0 aromatic heterocycles. The Labute approximate surface area is 149 Å². The highest BCUT2D eigenvalue weighted by atomic mass is 32.2. The molecule has 0 aliphatic rings. The molecule has 0 spiro atoms. The van der Waals surface area contributed by atoms with Gasteiger partial charge >= 0.3 is 0 Å². The zero-order valence-electron chi connectivity index (χ0n) is 14.6. The van der Waals surface area contributed by atoms with Crippen molar-refractivity contribution in [1.82, 2.24) is 0 Å². The number of aryl methyl sites for hydroxylation is 1. The van der Waals surface area contributed by atoms with E-state index in [2.05, 4.69) is 31.3 Å². The summed E-state index contributed by atoms with van der Waals surface area (Å²) in [7, 11) is 0. The number of nitrogens with one attached hydrogen (secondary N) is 1. The summed E-state index contributed by atoms with van der Waals surface area (Å²) in [5, 5.41) is 3.57. The van der Waals surface area contributed by atoms with Gasteiger partial charge in [-0.3, -0.25) is 4.79 Å². The minimum atomic E-state index is -0.285. The maximum absolute atomic E-state index is 12.3. The van der Waals surface area contributed by atoms with E-state index in [0.29, 0.717) is 5.25 Å². The third-order valence-electron chi connectivity index (χ3n) is 4.02. The average Bonchev–Trinajstić information content (AvgIpc) is 2.58. The lowest BCUT2D eigenvalue weighted by molar-refractivity contribution is -0.116. The van der Waals surface area contributed by atoms with Crippen LogP contribution in [0.2, 0.25) is 0 Å². The number of carbonyl (C=O) groups is 1. The van der Waals surface area contributed by atoms with Crippen molar-refractivity contribution in [3.63, 3.8) is 0 Å². The van der Waals surface area contributed by atoms with Gasteiger partial charge in [0.25, 0.3) is 0 Å². The van der Waals surface area contributed by atoms with Gasteiger partial charge in [-0.1, -0.05) is 44.2 Å². The Balaban J connectivity index is 1.96. The minimum absolute atomic E-state index is 0.0585. The van der Waals surface area contributed by atoms with Gasteiger partial charge in [0.1, 0.15) is 0 Å². The Kier molecular flexibility index (Phi) is 6.88. The second-order valence-electron chi connectivity index (χ2n) is 6.08. The van der Waals surface area contributed by atoms with Crippen LogP contribution in [-0.2, 0) is 4.79 Å². The maximum atomic E-state index is 12.3. The van der Waals surface area contributed by atoms with Gasteiger partial charge in [0, 0.05) is 28.3 Å². The van der Waals surface area contributed by atoms with Crippen LogP contribution in [0.15, 0.2) is 53.4 Å². The van der Waals surface area contributed by atoms with Gasteiger partial charge in [-0.05, 0) is 42.7 Å². The smallest absolute Gasteiger partial charge is 0.226 e. The summed E-state index contributed by atoms with van der Waals surface area (Å²) in [5.74, 6) is -0.0585. The molecule has 0 aliphatic carbocycles. The third kappa shape index (κ3) is 5.39. The Morgan fingerprint density at radius 2 is 1.92 bits per heavy atom. The van der Waals surface area contributed by atoms with Gasteiger partial charge in [0.05, 0.1) is 0 Å². The van der Waals surface area contributed by atoms with Crippen LogP contribution in [0.5, 0.6) is 0 Å². The molecule has 0 heterocycles. The van der Waals surface area contributed by atoms with Crippen molar-refractivity contribution in [1.29, 1.82) is 0 Å². The van der Waals surface area contributed by atoms with Gasteiger partial charge in [0.2, 0.25) is 5.91 Å². The van der Waals surface area contributed by atoms with Gasteiger partial charge in [0.15, 0.2) is 0 Å². The summed E-state index contributed by atoms with van der Waals surface area (Å²) < 4.78 is 0. The number of amides is 1. The quantitative estimate of drug-likeness (QED) is 0.703. The summed E-state index contributed by atoms with van der Waals surface area (Å²) in [6, 6.07) is 15.6. The predicted octanol–water partition coefficient (Wildman–Crippen LogP) is 4.91. The van der Waals surface area contributed by atoms with Crippen molar-refractivity contribution in [3.05, 3.63) is 59.7 Å². The molecule has 2 aromatic rings. The van der Waals surface area contributed by atoms with E-state index >= 15 is 0 Å². The normalized spacial score (nSPS) is 13.3. The monoisotopic (exact) mass is 342 g/mol. The van der Waals surface area contributed by atoms with Crippen LogP contribution in [-0.4, -0.2) is 11.2 Å². The summed E-state index contributed by atoms with van der Waals surface area (Å²) in [4.78, 5) is 13.5. The first-order valence-electron chi connectivity index (χ1n) is 8.37. The molecule has 2 rings (SSSR count). The molecule has 0 bridgehead atoms. The lowest BCUT2D eigenvalue weighted by Crippen LogP contribution is -2.20. The molecule has 2 unspecified atom stereocenters. The van der Waals surface area contributed by atoms with Crippen molar-refractivity contribution in [3.8, 4) is 0 Å². The van der Waals surface area contributed by atoms with Crippen LogP contribution in [0.4, 0.5) is 5.69 Å². The number of anilines is 1. The molecule has 2 aromatic carbocycles. The fourth-order valence-corrected chi connectivity index (χ4v) is 3.41. The van der Waals surface area contributed by atoms with Gasteiger partial charge in [-0.2, -0.15) is 0 Å². The van der Waals surface area contributed by atoms with Crippen LogP contribution >= 0.6 is 11.8 Å². The predicted molar refractivity (Wildman–Crippen MR) is 103 cm³/mol. The Morgan fingerprint density at radius 1 is 1.21 bits per heavy atom. The van der Waals surface area contributed by atoms with E-state index < -0.39 is 0 Å². The third-order valence-corrected chi connectivity index (χ3v) is 5.28. The van der Waals surface area contributed by atoms with Crippen molar-refractivity contribution in [2.75, 3.05) is 5.32 Å². The first-order valence-corrected chi connectivity index (χ1v) is 9.25. The Morgan fingerprint density at radius 3 is 2.54 bits per heavy atom. The number of nitrogens with two attached hydrogens (primary N) is 1. The highest BCUT2D eigenvalue weighted by Crippen LogP contribution is 2.28. The summed E-state index contributed by atoms with van der Waals surface area (Å²) in [5.41, 5.74) is 9.02.